The van der Waals surface area contributed by atoms with Gasteiger partial charge in [0.2, 0.25) is 5.91 Å². The van der Waals surface area contributed by atoms with E-state index in [0.29, 0.717) is 13.1 Å². The van der Waals surface area contributed by atoms with Gasteiger partial charge < -0.3 is 14.7 Å². The lowest BCUT2D eigenvalue weighted by Crippen LogP contribution is -2.35. The largest absolute Gasteiger partial charge is 0.496 e. The van der Waals surface area contributed by atoms with E-state index in [1.807, 2.05) is 12.1 Å². The molecule has 1 aromatic carbocycles. The summed E-state index contributed by atoms with van der Waals surface area (Å²) in [4.78, 5) is 13.2. The molecule has 1 aromatic rings. The number of rotatable bonds is 2. The molecule has 1 aliphatic rings. The summed E-state index contributed by atoms with van der Waals surface area (Å²) < 4.78 is 6.42. The number of methoxy groups -OCH3 is 1. The van der Waals surface area contributed by atoms with E-state index in [2.05, 4.69) is 15.9 Å². The Labute approximate surface area is 115 Å². The predicted octanol–water partition coefficient (Wildman–Crippen LogP) is 1.38. The molecule has 0 saturated heterocycles. The maximum atomic E-state index is 11.5. The fourth-order valence-corrected chi connectivity index (χ4v) is 2.90. The van der Waals surface area contributed by atoms with Crippen LogP contribution in [-0.4, -0.2) is 42.7 Å². The van der Waals surface area contributed by atoms with Gasteiger partial charge in [-0.1, -0.05) is 15.9 Å². The number of halogens is 1. The minimum atomic E-state index is -0.422. The van der Waals surface area contributed by atoms with Gasteiger partial charge in [0.1, 0.15) is 12.4 Å². The Hall–Kier alpha value is -1.07. The first kappa shape index (κ1) is 13.4. The average Bonchev–Trinajstić information content (AvgIpc) is 2.62. The number of benzene rings is 1. The van der Waals surface area contributed by atoms with Gasteiger partial charge in [0.05, 0.1) is 7.11 Å². The number of fused-ring (bicyclic) bond motifs is 1. The Bertz CT molecular complexity index is 462. The highest BCUT2D eigenvalue weighted by Crippen LogP contribution is 2.31. The van der Waals surface area contributed by atoms with E-state index in [0.717, 1.165) is 28.6 Å². The monoisotopic (exact) mass is 313 g/mol. The maximum absolute atomic E-state index is 11.5. The van der Waals surface area contributed by atoms with Gasteiger partial charge in [0.25, 0.3) is 0 Å². The zero-order valence-electron chi connectivity index (χ0n) is 10.3. The summed E-state index contributed by atoms with van der Waals surface area (Å²) >= 11 is 3.55. The van der Waals surface area contributed by atoms with Gasteiger partial charge in [-0.2, -0.15) is 0 Å². The van der Waals surface area contributed by atoms with Gasteiger partial charge >= 0.3 is 0 Å². The molecule has 1 amide bonds. The summed E-state index contributed by atoms with van der Waals surface area (Å²) in [5.74, 6) is 0.657. The molecule has 0 aliphatic carbocycles. The summed E-state index contributed by atoms with van der Waals surface area (Å²) in [6.45, 7) is 0.839. The fourth-order valence-electron chi connectivity index (χ4n) is 2.33. The first-order valence-corrected chi connectivity index (χ1v) is 6.69. The topological polar surface area (TPSA) is 49.8 Å². The van der Waals surface area contributed by atoms with Crippen LogP contribution in [0.2, 0.25) is 0 Å². The standard InChI is InChI=1S/C13H16BrNO3/c1-18-12-3-2-11(14)9-4-6-15(13(17)8-16)7-5-10(9)12/h2-3,16H,4-8H2,1H3. The molecular weight excluding hydrogens is 298 g/mol. The molecule has 0 spiro atoms. The summed E-state index contributed by atoms with van der Waals surface area (Å²) in [5.41, 5.74) is 2.35. The predicted molar refractivity (Wildman–Crippen MR) is 71.8 cm³/mol. The van der Waals surface area contributed by atoms with Gasteiger partial charge in [-0.25, -0.2) is 0 Å². The van der Waals surface area contributed by atoms with Crippen molar-refractivity contribution in [3.05, 3.63) is 27.7 Å². The highest BCUT2D eigenvalue weighted by molar-refractivity contribution is 9.10. The van der Waals surface area contributed by atoms with Crippen molar-refractivity contribution >= 4 is 21.8 Å². The van der Waals surface area contributed by atoms with E-state index in [4.69, 9.17) is 9.84 Å². The van der Waals surface area contributed by atoms with Crippen molar-refractivity contribution in [2.75, 3.05) is 26.8 Å². The molecule has 0 unspecified atom stereocenters. The van der Waals surface area contributed by atoms with Crippen molar-refractivity contribution in [1.82, 2.24) is 4.90 Å². The van der Waals surface area contributed by atoms with Crippen LogP contribution in [0.3, 0.4) is 0 Å². The Morgan fingerprint density at radius 1 is 1.39 bits per heavy atom. The number of carbonyl (C=O) groups excluding carboxylic acids is 1. The summed E-state index contributed by atoms with van der Waals surface area (Å²) in [6, 6.07) is 3.91. The van der Waals surface area contributed by atoms with Crippen LogP contribution < -0.4 is 4.74 Å². The Morgan fingerprint density at radius 3 is 2.67 bits per heavy atom. The molecule has 0 bridgehead atoms. The first-order chi connectivity index (χ1) is 8.67. The number of aliphatic hydroxyl groups excluding tert-OH is 1. The third kappa shape index (κ3) is 2.52. The van der Waals surface area contributed by atoms with Crippen molar-refractivity contribution < 1.29 is 14.6 Å². The number of ether oxygens (including phenoxy) is 1. The van der Waals surface area contributed by atoms with Crippen LogP contribution >= 0.6 is 15.9 Å². The highest BCUT2D eigenvalue weighted by atomic mass is 79.9. The zero-order chi connectivity index (χ0) is 13.1. The number of aliphatic hydroxyl groups is 1. The summed E-state index contributed by atoms with van der Waals surface area (Å²) in [5, 5.41) is 8.93. The van der Waals surface area contributed by atoms with Gasteiger partial charge in [-0.3, -0.25) is 4.79 Å². The number of carbonyl (C=O) groups is 1. The smallest absolute Gasteiger partial charge is 0.248 e. The molecule has 18 heavy (non-hydrogen) atoms. The third-order valence-electron chi connectivity index (χ3n) is 3.30. The molecule has 1 heterocycles. The van der Waals surface area contributed by atoms with E-state index in [1.54, 1.807) is 12.0 Å². The third-order valence-corrected chi connectivity index (χ3v) is 4.05. The second-order valence-electron chi connectivity index (χ2n) is 4.25. The zero-order valence-corrected chi connectivity index (χ0v) is 11.9. The lowest BCUT2D eigenvalue weighted by atomic mass is 10.0. The van der Waals surface area contributed by atoms with Crippen molar-refractivity contribution in [2.24, 2.45) is 0 Å². The molecule has 1 aliphatic heterocycles. The Kier molecular flexibility index (Phi) is 4.24. The van der Waals surface area contributed by atoms with E-state index < -0.39 is 6.61 Å². The van der Waals surface area contributed by atoms with Crippen LogP contribution in [0, 0.1) is 0 Å². The summed E-state index contributed by atoms with van der Waals surface area (Å²) in [6.07, 6.45) is 1.53. The van der Waals surface area contributed by atoms with Crippen molar-refractivity contribution in [2.45, 2.75) is 12.8 Å². The van der Waals surface area contributed by atoms with Crippen LogP contribution in [0.25, 0.3) is 0 Å². The van der Waals surface area contributed by atoms with E-state index >= 15 is 0 Å². The van der Waals surface area contributed by atoms with E-state index in [-0.39, 0.29) is 5.91 Å². The second kappa shape index (κ2) is 5.71. The first-order valence-electron chi connectivity index (χ1n) is 5.90. The van der Waals surface area contributed by atoms with E-state index in [1.165, 1.54) is 5.56 Å². The molecular formula is C13H16BrNO3. The summed E-state index contributed by atoms with van der Waals surface area (Å²) in [7, 11) is 1.66. The fraction of sp³-hybridized carbons (Fsp3) is 0.462. The number of hydrogen-bond donors (Lipinski definition) is 1. The lowest BCUT2D eigenvalue weighted by Gasteiger charge is -2.18. The van der Waals surface area contributed by atoms with Gasteiger partial charge in [0.15, 0.2) is 0 Å². The molecule has 2 rings (SSSR count). The molecule has 0 saturated carbocycles. The molecule has 1 N–H and O–H groups in total. The minimum Gasteiger partial charge on any atom is -0.496 e. The average molecular weight is 314 g/mol. The molecule has 5 heteroatoms. The number of hydrogen-bond acceptors (Lipinski definition) is 3. The van der Waals surface area contributed by atoms with Crippen LogP contribution in [0.15, 0.2) is 16.6 Å². The van der Waals surface area contributed by atoms with Crippen LogP contribution in [0.1, 0.15) is 11.1 Å². The molecule has 0 aromatic heterocycles. The van der Waals surface area contributed by atoms with Crippen molar-refractivity contribution in [3.63, 3.8) is 0 Å². The van der Waals surface area contributed by atoms with Crippen LogP contribution in [-0.2, 0) is 17.6 Å². The highest BCUT2D eigenvalue weighted by Gasteiger charge is 2.21. The molecule has 0 radical (unpaired) electrons. The van der Waals surface area contributed by atoms with Gasteiger partial charge in [0, 0.05) is 23.1 Å². The van der Waals surface area contributed by atoms with Crippen LogP contribution in [0.4, 0.5) is 0 Å². The van der Waals surface area contributed by atoms with E-state index in [9.17, 15) is 4.79 Å². The van der Waals surface area contributed by atoms with Crippen molar-refractivity contribution in [3.8, 4) is 5.75 Å². The molecule has 4 nitrogen and oxygen atoms in total. The number of nitrogens with zero attached hydrogens (tertiary/aromatic N) is 1. The second-order valence-corrected chi connectivity index (χ2v) is 5.10. The van der Waals surface area contributed by atoms with Crippen molar-refractivity contribution in [1.29, 1.82) is 0 Å². The molecule has 98 valence electrons. The number of amides is 1. The Balaban J connectivity index is 2.29. The Morgan fingerprint density at radius 2 is 2.06 bits per heavy atom. The minimum absolute atomic E-state index is 0.210. The SMILES string of the molecule is COc1ccc(Br)c2c1CCN(C(=O)CO)CC2. The maximum Gasteiger partial charge on any atom is 0.248 e. The lowest BCUT2D eigenvalue weighted by molar-refractivity contribution is -0.134. The molecule has 0 fully saturated rings. The van der Waals surface area contributed by atoms with Gasteiger partial charge in [-0.05, 0) is 30.5 Å². The normalized spacial score (nSPS) is 14.9. The molecule has 0 atom stereocenters. The quantitative estimate of drug-likeness (QED) is 0.897. The van der Waals surface area contributed by atoms with Crippen LogP contribution in [0.5, 0.6) is 5.75 Å². The van der Waals surface area contributed by atoms with Gasteiger partial charge in [-0.15, -0.1) is 0 Å².